The van der Waals surface area contributed by atoms with Gasteiger partial charge in [-0.05, 0) is 24.1 Å². The van der Waals surface area contributed by atoms with Gasteiger partial charge in [0.2, 0.25) is 0 Å². The van der Waals surface area contributed by atoms with E-state index in [9.17, 15) is 4.79 Å². The number of hydrogen-bond donors (Lipinski definition) is 2. The van der Waals surface area contributed by atoms with Gasteiger partial charge in [-0.15, -0.1) is 0 Å². The molecule has 2 aromatic carbocycles. The van der Waals surface area contributed by atoms with Crippen LogP contribution < -0.4 is 11.1 Å². The maximum atomic E-state index is 13.4. The van der Waals surface area contributed by atoms with Gasteiger partial charge < -0.3 is 11.1 Å². The molecule has 0 saturated heterocycles. The molecule has 4 aromatic rings. The molecule has 0 radical (unpaired) electrons. The summed E-state index contributed by atoms with van der Waals surface area (Å²) < 4.78 is 0. The van der Waals surface area contributed by atoms with Gasteiger partial charge >= 0.3 is 0 Å². The second kappa shape index (κ2) is 8.10. The molecule has 2 heterocycles. The molecule has 1 atom stereocenters. The second-order valence-corrected chi connectivity index (χ2v) is 6.85. The monoisotopic (exact) mass is 382 g/mol. The lowest BCUT2D eigenvalue weighted by Crippen LogP contribution is -2.29. The van der Waals surface area contributed by atoms with E-state index in [1.54, 1.807) is 12.4 Å². The zero-order chi connectivity index (χ0) is 20.2. The van der Waals surface area contributed by atoms with E-state index in [2.05, 4.69) is 10.3 Å². The number of aromatic nitrogens is 2. The minimum Gasteiger partial charge on any atom is -0.396 e. The number of anilines is 1. The third-order valence-corrected chi connectivity index (χ3v) is 5.00. The van der Waals surface area contributed by atoms with Crippen LogP contribution in [0.15, 0.2) is 79.1 Å². The first-order chi connectivity index (χ1) is 14.2. The Morgan fingerprint density at radius 2 is 1.79 bits per heavy atom. The van der Waals surface area contributed by atoms with Crippen molar-refractivity contribution >= 4 is 22.5 Å². The first-order valence-corrected chi connectivity index (χ1v) is 9.63. The minimum absolute atomic E-state index is 0.150. The van der Waals surface area contributed by atoms with Crippen LogP contribution in [0.4, 0.5) is 5.69 Å². The number of pyridine rings is 2. The molecule has 1 amide bonds. The third kappa shape index (κ3) is 3.67. The van der Waals surface area contributed by atoms with Crippen molar-refractivity contribution in [3.05, 3.63) is 90.3 Å². The second-order valence-electron chi connectivity index (χ2n) is 6.85. The maximum absolute atomic E-state index is 13.4. The van der Waals surface area contributed by atoms with Crippen LogP contribution in [0.2, 0.25) is 0 Å². The van der Waals surface area contributed by atoms with Crippen LogP contribution in [0.25, 0.3) is 22.2 Å². The summed E-state index contributed by atoms with van der Waals surface area (Å²) in [6.45, 7) is 2.03. The van der Waals surface area contributed by atoms with Gasteiger partial charge in [0, 0.05) is 23.3 Å². The molecule has 0 bridgehead atoms. The Balaban J connectivity index is 1.82. The van der Waals surface area contributed by atoms with Crippen molar-refractivity contribution in [2.75, 3.05) is 5.73 Å². The van der Waals surface area contributed by atoms with E-state index in [-0.39, 0.29) is 11.9 Å². The Morgan fingerprint density at radius 1 is 1.03 bits per heavy atom. The zero-order valence-corrected chi connectivity index (χ0v) is 16.2. The Labute approximate surface area is 169 Å². The summed E-state index contributed by atoms with van der Waals surface area (Å²) >= 11 is 0. The fourth-order valence-electron chi connectivity index (χ4n) is 3.52. The molecule has 144 valence electrons. The highest BCUT2D eigenvalue weighted by Crippen LogP contribution is 2.32. The zero-order valence-electron chi connectivity index (χ0n) is 16.2. The number of amides is 1. The number of carbonyl (C=O) groups is 1. The average molecular weight is 382 g/mol. The topological polar surface area (TPSA) is 80.9 Å². The van der Waals surface area contributed by atoms with Gasteiger partial charge in [-0.25, -0.2) is 4.98 Å². The van der Waals surface area contributed by atoms with Crippen LogP contribution in [0, 0.1) is 0 Å². The number of carbonyl (C=O) groups excluding carboxylic acids is 1. The number of benzene rings is 2. The van der Waals surface area contributed by atoms with Gasteiger partial charge in [0.25, 0.3) is 5.91 Å². The molecule has 1 unspecified atom stereocenters. The fourth-order valence-corrected chi connectivity index (χ4v) is 3.52. The number of fused-ring (bicyclic) bond motifs is 1. The molecule has 0 aliphatic carbocycles. The first kappa shape index (κ1) is 18.6. The lowest BCUT2D eigenvalue weighted by Gasteiger charge is -2.19. The quantitative estimate of drug-likeness (QED) is 0.521. The molecule has 0 aliphatic rings. The van der Waals surface area contributed by atoms with Crippen LogP contribution in [0.1, 0.15) is 35.3 Å². The maximum Gasteiger partial charge on any atom is 0.254 e. The summed E-state index contributed by atoms with van der Waals surface area (Å²) in [5.41, 5.74) is 10.5. The molecule has 5 nitrogen and oxygen atoms in total. The van der Waals surface area contributed by atoms with Crippen molar-refractivity contribution in [3.63, 3.8) is 0 Å². The third-order valence-electron chi connectivity index (χ3n) is 5.00. The molecular weight excluding hydrogens is 360 g/mol. The number of nitrogens with zero attached hydrogens (tertiary/aromatic N) is 2. The number of para-hydroxylation sites is 1. The van der Waals surface area contributed by atoms with E-state index >= 15 is 0 Å². The Kier molecular flexibility index (Phi) is 5.20. The number of nitrogens with one attached hydrogen (secondary N) is 1. The van der Waals surface area contributed by atoms with Gasteiger partial charge in [0.1, 0.15) is 0 Å². The summed E-state index contributed by atoms with van der Waals surface area (Å²) in [6, 6.07) is 21.0. The van der Waals surface area contributed by atoms with E-state index in [1.165, 1.54) is 0 Å². The highest BCUT2D eigenvalue weighted by atomic mass is 16.1. The summed E-state index contributed by atoms with van der Waals surface area (Å²) in [7, 11) is 0. The highest BCUT2D eigenvalue weighted by molar-refractivity contribution is 6.12. The standard InChI is InChI=1S/C24H22N4O/c1-2-19(17-11-8-14-26-15-17)28-24(29)21-18-12-6-7-13-20(18)27-23(22(21)25)16-9-4-3-5-10-16/h3-15,19H,2,25H2,1H3,(H,28,29). The largest absolute Gasteiger partial charge is 0.396 e. The van der Waals surface area contributed by atoms with Crippen molar-refractivity contribution in [2.45, 2.75) is 19.4 Å². The van der Waals surface area contributed by atoms with Crippen molar-refractivity contribution < 1.29 is 4.79 Å². The Hall–Kier alpha value is -3.73. The normalized spacial score (nSPS) is 11.9. The van der Waals surface area contributed by atoms with Crippen molar-refractivity contribution in [3.8, 4) is 11.3 Å². The predicted molar refractivity (Wildman–Crippen MR) is 116 cm³/mol. The van der Waals surface area contributed by atoms with Gasteiger partial charge in [-0.1, -0.05) is 61.5 Å². The van der Waals surface area contributed by atoms with Gasteiger partial charge in [-0.2, -0.15) is 0 Å². The molecule has 0 saturated carbocycles. The lowest BCUT2D eigenvalue weighted by molar-refractivity contribution is 0.0938. The molecule has 0 aliphatic heterocycles. The van der Waals surface area contributed by atoms with E-state index in [0.717, 1.165) is 28.5 Å². The molecule has 29 heavy (non-hydrogen) atoms. The van der Waals surface area contributed by atoms with Gasteiger partial charge in [-0.3, -0.25) is 9.78 Å². The Morgan fingerprint density at radius 3 is 2.52 bits per heavy atom. The molecule has 5 heteroatoms. The van der Waals surface area contributed by atoms with Crippen LogP contribution in [0.5, 0.6) is 0 Å². The Bertz CT molecular complexity index is 1140. The molecule has 4 rings (SSSR count). The van der Waals surface area contributed by atoms with Crippen LogP contribution in [0.3, 0.4) is 0 Å². The van der Waals surface area contributed by atoms with Crippen molar-refractivity contribution in [1.29, 1.82) is 0 Å². The molecule has 3 N–H and O–H groups in total. The SMILES string of the molecule is CCC(NC(=O)c1c(N)c(-c2ccccc2)nc2ccccc12)c1cccnc1. The van der Waals surface area contributed by atoms with Crippen LogP contribution >= 0.6 is 0 Å². The predicted octanol–water partition coefficient (Wildman–Crippen LogP) is 4.76. The molecule has 0 spiro atoms. The fraction of sp³-hybridized carbons (Fsp3) is 0.125. The first-order valence-electron chi connectivity index (χ1n) is 9.63. The van der Waals surface area contributed by atoms with Gasteiger partial charge in [0.15, 0.2) is 0 Å². The highest BCUT2D eigenvalue weighted by Gasteiger charge is 2.22. The van der Waals surface area contributed by atoms with Crippen molar-refractivity contribution in [2.24, 2.45) is 0 Å². The van der Waals surface area contributed by atoms with Crippen LogP contribution in [-0.4, -0.2) is 15.9 Å². The van der Waals surface area contributed by atoms with Gasteiger partial charge in [0.05, 0.1) is 28.5 Å². The summed E-state index contributed by atoms with van der Waals surface area (Å²) in [4.78, 5) is 22.3. The molecule has 2 aromatic heterocycles. The molecule has 0 fully saturated rings. The number of nitrogen functional groups attached to an aromatic ring is 1. The van der Waals surface area contributed by atoms with E-state index in [4.69, 9.17) is 10.7 Å². The summed E-state index contributed by atoms with van der Waals surface area (Å²) in [6.07, 6.45) is 4.24. The number of rotatable bonds is 5. The lowest BCUT2D eigenvalue weighted by atomic mass is 9.99. The minimum atomic E-state index is -0.214. The number of nitrogens with two attached hydrogens (primary N) is 1. The summed E-state index contributed by atoms with van der Waals surface area (Å²) in [5.74, 6) is -0.214. The van der Waals surface area contributed by atoms with E-state index < -0.39 is 0 Å². The average Bonchev–Trinajstić information content (AvgIpc) is 2.78. The van der Waals surface area contributed by atoms with Crippen molar-refractivity contribution in [1.82, 2.24) is 15.3 Å². The number of hydrogen-bond acceptors (Lipinski definition) is 4. The van der Waals surface area contributed by atoms with Crippen LogP contribution in [-0.2, 0) is 0 Å². The summed E-state index contributed by atoms with van der Waals surface area (Å²) in [5, 5.41) is 3.86. The van der Waals surface area contributed by atoms with E-state index in [0.29, 0.717) is 16.9 Å². The van der Waals surface area contributed by atoms with E-state index in [1.807, 2.05) is 73.7 Å². The smallest absolute Gasteiger partial charge is 0.254 e. The molecular formula is C24H22N4O.